The first-order valence-electron chi connectivity index (χ1n) is 9.74. The number of rotatable bonds is 5. The van der Waals surface area contributed by atoms with Crippen molar-refractivity contribution in [3.63, 3.8) is 0 Å². The van der Waals surface area contributed by atoms with Crippen LogP contribution in [0.3, 0.4) is 0 Å². The van der Waals surface area contributed by atoms with Crippen LogP contribution in [0.2, 0.25) is 0 Å². The number of nitrogens with zero attached hydrogens (tertiary/aromatic N) is 1. The van der Waals surface area contributed by atoms with E-state index in [1.165, 1.54) is 0 Å². The Bertz CT molecular complexity index is 788. The summed E-state index contributed by atoms with van der Waals surface area (Å²) in [6.07, 6.45) is 1.75. The van der Waals surface area contributed by atoms with Gasteiger partial charge in [0.15, 0.2) is 12.4 Å². The largest absolute Gasteiger partial charge is 0.484 e. The molecule has 4 rings (SSSR count). The molecule has 0 aliphatic carbocycles. The van der Waals surface area contributed by atoms with E-state index in [9.17, 15) is 4.79 Å². The summed E-state index contributed by atoms with van der Waals surface area (Å²) in [7, 11) is 0. The smallest absolute Gasteiger partial charge is 0.262 e. The summed E-state index contributed by atoms with van der Waals surface area (Å²) in [6, 6.07) is 15.6. The van der Waals surface area contributed by atoms with Crippen LogP contribution in [-0.4, -0.2) is 44.6 Å². The number of hydrogen-bond donors (Lipinski definition) is 1. The molecule has 1 N–H and O–H groups in total. The lowest BCUT2D eigenvalue weighted by atomic mass is 10.0. The van der Waals surface area contributed by atoms with Gasteiger partial charge in [-0.3, -0.25) is 4.79 Å². The van der Waals surface area contributed by atoms with Gasteiger partial charge in [-0.15, -0.1) is 0 Å². The number of piperidine rings is 1. The second kappa shape index (κ2) is 8.20. The molecular formula is C22H26N2O4. The molecule has 0 bridgehead atoms. The Hall–Kier alpha value is -2.57. The zero-order valence-electron chi connectivity index (χ0n) is 16.1. The normalized spacial score (nSPS) is 18.2. The van der Waals surface area contributed by atoms with Crippen molar-refractivity contribution in [2.75, 3.05) is 43.1 Å². The summed E-state index contributed by atoms with van der Waals surface area (Å²) in [5.74, 6) is 0.153. The van der Waals surface area contributed by atoms with Gasteiger partial charge < -0.3 is 24.4 Å². The average Bonchev–Trinajstić information content (AvgIpc) is 3.17. The summed E-state index contributed by atoms with van der Waals surface area (Å²) in [4.78, 5) is 14.4. The minimum atomic E-state index is -0.359. The zero-order valence-corrected chi connectivity index (χ0v) is 16.1. The lowest BCUT2D eigenvalue weighted by molar-refractivity contribution is -0.169. The Labute approximate surface area is 165 Å². The highest BCUT2D eigenvalue weighted by atomic mass is 16.7. The average molecular weight is 382 g/mol. The molecule has 2 aliphatic rings. The van der Waals surface area contributed by atoms with E-state index in [0.717, 1.165) is 42.9 Å². The number of ether oxygens (including phenoxy) is 3. The molecule has 28 heavy (non-hydrogen) atoms. The highest BCUT2D eigenvalue weighted by molar-refractivity contribution is 5.92. The van der Waals surface area contributed by atoms with Gasteiger partial charge in [0.2, 0.25) is 0 Å². The van der Waals surface area contributed by atoms with Crippen molar-refractivity contribution >= 4 is 17.3 Å². The Kier molecular flexibility index (Phi) is 5.50. The van der Waals surface area contributed by atoms with Crippen LogP contribution < -0.4 is 15.0 Å². The molecule has 2 saturated heterocycles. The summed E-state index contributed by atoms with van der Waals surface area (Å²) in [5.41, 5.74) is 3.06. The zero-order chi connectivity index (χ0) is 19.4. The van der Waals surface area contributed by atoms with E-state index in [1.807, 2.05) is 55.5 Å². The first kappa shape index (κ1) is 18.8. The standard InChI is InChI=1S/C22H26N2O4/c1-17-2-8-20(9-3-17)26-16-21(25)23-18-4-6-19(7-5-18)24-12-10-22(11-13-24)27-14-15-28-22/h2-9H,10-16H2,1H3,(H,23,25). The number of nitrogens with one attached hydrogen (secondary N) is 1. The maximum atomic E-state index is 12.1. The van der Waals surface area contributed by atoms with Crippen molar-refractivity contribution in [2.24, 2.45) is 0 Å². The number of amides is 1. The Morgan fingerprint density at radius 1 is 1.04 bits per heavy atom. The third-order valence-corrected chi connectivity index (χ3v) is 5.25. The Morgan fingerprint density at radius 2 is 1.68 bits per heavy atom. The fraction of sp³-hybridized carbons (Fsp3) is 0.409. The number of carbonyl (C=O) groups is 1. The lowest BCUT2D eigenvalue weighted by Crippen LogP contribution is -2.45. The van der Waals surface area contributed by atoms with Crippen molar-refractivity contribution < 1.29 is 19.0 Å². The molecule has 0 saturated carbocycles. The molecule has 0 aromatic heterocycles. The fourth-order valence-electron chi connectivity index (χ4n) is 3.63. The van der Waals surface area contributed by atoms with Crippen LogP contribution in [0.5, 0.6) is 5.75 Å². The summed E-state index contributed by atoms with van der Waals surface area (Å²) < 4.78 is 17.1. The predicted molar refractivity (Wildman–Crippen MR) is 108 cm³/mol. The fourth-order valence-corrected chi connectivity index (χ4v) is 3.63. The van der Waals surface area contributed by atoms with Crippen LogP contribution in [0, 0.1) is 6.92 Å². The third-order valence-electron chi connectivity index (χ3n) is 5.25. The lowest BCUT2D eigenvalue weighted by Gasteiger charge is -2.38. The SMILES string of the molecule is Cc1ccc(OCC(=O)Nc2ccc(N3CCC4(CC3)OCCO4)cc2)cc1. The molecular weight excluding hydrogens is 356 g/mol. The van der Waals surface area contributed by atoms with Gasteiger partial charge in [0.1, 0.15) is 5.75 Å². The molecule has 148 valence electrons. The first-order chi connectivity index (χ1) is 13.6. The number of anilines is 2. The van der Waals surface area contributed by atoms with Crippen LogP contribution in [-0.2, 0) is 14.3 Å². The Morgan fingerprint density at radius 3 is 2.32 bits per heavy atom. The molecule has 1 amide bonds. The minimum absolute atomic E-state index is 0.0149. The second-order valence-electron chi connectivity index (χ2n) is 7.29. The molecule has 2 aromatic carbocycles. The van der Waals surface area contributed by atoms with Gasteiger partial charge in [-0.2, -0.15) is 0 Å². The molecule has 0 atom stereocenters. The number of aryl methyl sites for hydroxylation is 1. The molecule has 1 spiro atoms. The molecule has 2 aliphatic heterocycles. The van der Waals surface area contributed by atoms with Crippen molar-refractivity contribution in [3.8, 4) is 5.75 Å². The van der Waals surface area contributed by atoms with Crippen LogP contribution in [0.1, 0.15) is 18.4 Å². The highest BCUT2D eigenvalue weighted by Gasteiger charge is 2.39. The van der Waals surface area contributed by atoms with Crippen LogP contribution in [0.15, 0.2) is 48.5 Å². The van der Waals surface area contributed by atoms with Gasteiger partial charge in [-0.05, 0) is 43.3 Å². The molecule has 2 heterocycles. The number of hydrogen-bond acceptors (Lipinski definition) is 5. The van der Waals surface area contributed by atoms with Crippen LogP contribution >= 0.6 is 0 Å². The molecule has 2 aromatic rings. The maximum absolute atomic E-state index is 12.1. The van der Waals surface area contributed by atoms with Gasteiger partial charge in [-0.1, -0.05) is 17.7 Å². The van der Waals surface area contributed by atoms with E-state index in [1.54, 1.807) is 0 Å². The van der Waals surface area contributed by atoms with E-state index in [4.69, 9.17) is 14.2 Å². The van der Waals surface area contributed by atoms with Gasteiger partial charge in [0.25, 0.3) is 5.91 Å². The molecule has 0 unspecified atom stereocenters. The molecule has 6 heteroatoms. The summed E-state index contributed by atoms with van der Waals surface area (Å²) in [6.45, 7) is 5.19. The third kappa shape index (κ3) is 4.46. The van der Waals surface area contributed by atoms with Crippen molar-refractivity contribution in [1.29, 1.82) is 0 Å². The Balaban J connectivity index is 1.26. The van der Waals surface area contributed by atoms with E-state index >= 15 is 0 Å². The van der Waals surface area contributed by atoms with Gasteiger partial charge in [0.05, 0.1) is 13.2 Å². The van der Waals surface area contributed by atoms with Gasteiger partial charge in [0, 0.05) is 37.3 Å². The number of carbonyl (C=O) groups excluding carboxylic acids is 1. The molecule has 6 nitrogen and oxygen atoms in total. The van der Waals surface area contributed by atoms with Crippen LogP contribution in [0.4, 0.5) is 11.4 Å². The van der Waals surface area contributed by atoms with Crippen LogP contribution in [0.25, 0.3) is 0 Å². The van der Waals surface area contributed by atoms with Gasteiger partial charge >= 0.3 is 0 Å². The monoisotopic (exact) mass is 382 g/mol. The topological polar surface area (TPSA) is 60.0 Å². The highest BCUT2D eigenvalue weighted by Crippen LogP contribution is 2.33. The predicted octanol–water partition coefficient (Wildman–Crippen LogP) is 3.36. The molecule has 0 radical (unpaired) electrons. The quantitative estimate of drug-likeness (QED) is 0.859. The minimum Gasteiger partial charge on any atom is -0.484 e. The van der Waals surface area contributed by atoms with Crippen molar-refractivity contribution in [2.45, 2.75) is 25.6 Å². The van der Waals surface area contributed by atoms with E-state index in [-0.39, 0.29) is 18.3 Å². The maximum Gasteiger partial charge on any atom is 0.262 e. The molecule has 2 fully saturated rings. The summed E-state index contributed by atoms with van der Waals surface area (Å²) >= 11 is 0. The number of benzene rings is 2. The first-order valence-corrected chi connectivity index (χ1v) is 9.74. The van der Waals surface area contributed by atoms with Gasteiger partial charge in [-0.25, -0.2) is 0 Å². The van der Waals surface area contributed by atoms with Crippen molar-refractivity contribution in [1.82, 2.24) is 0 Å². The second-order valence-corrected chi connectivity index (χ2v) is 7.29. The van der Waals surface area contributed by atoms with E-state index in [0.29, 0.717) is 19.0 Å². The summed E-state index contributed by atoms with van der Waals surface area (Å²) in [5, 5.41) is 2.87. The van der Waals surface area contributed by atoms with E-state index in [2.05, 4.69) is 10.2 Å². The van der Waals surface area contributed by atoms with Crippen molar-refractivity contribution in [3.05, 3.63) is 54.1 Å². The van der Waals surface area contributed by atoms with E-state index < -0.39 is 0 Å².